The summed E-state index contributed by atoms with van der Waals surface area (Å²) in [5, 5.41) is 18.6. The molecule has 9 nitrogen and oxygen atoms in total. The molecule has 0 radical (unpaired) electrons. The third kappa shape index (κ3) is 5.77. The molecule has 10 heteroatoms. The Hall–Kier alpha value is -3.21. The Morgan fingerprint density at radius 1 is 1.02 bits per heavy atom. The zero-order valence-electron chi connectivity index (χ0n) is 27.1. The third-order valence-electron chi connectivity index (χ3n) is 11.3. The van der Waals surface area contributed by atoms with Crippen molar-refractivity contribution in [1.82, 2.24) is 30.0 Å². The highest BCUT2D eigenvalue weighted by Gasteiger charge is 2.53. The minimum atomic E-state index is -0.316. The van der Waals surface area contributed by atoms with E-state index in [1.54, 1.807) is 12.3 Å². The van der Waals surface area contributed by atoms with Gasteiger partial charge in [0.05, 0.1) is 11.8 Å². The molecule has 2 atom stereocenters. The Morgan fingerprint density at radius 2 is 1.87 bits per heavy atom. The molecule has 5 aliphatic rings. The molecule has 0 unspecified atom stereocenters. The third-order valence-corrected chi connectivity index (χ3v) is 11.3. The van der Waals surface area contributed by atoms with E-state index in [2.05, 4.69) is 48.7 Å². The van der Waals surface area contributed by atoms with Crippen LogP contribution in [0.25, 0.3) is 11.1 Å². The normalized spacial score (nSPS) is 27.1. The van der Waals surface area contributed by atoms with Crippen LogP contribution in [-0.4, -0.2) is 92.5 Å². The maximum absolute atomic E-state index is 14.6. The number of anilines is 1. The predicted molar refractivity (Wildman–Crippen MR) is 174 cm³/mol. The highest BCUT2D eigenvalue weighted by Crippen LogP contribution is 2.49. The number of aliphatic hydroxyl groups excluding tert-OH is 1. The number of aromatic nitrogens is 4. The van der Waals surface area contributed by atoms with Gasteiger partial charge in [0, 0.05) is 73.5 Å². The van der Waals surface area contributed by atoms with Crippen LogP contribution in [0.4, 0.5) is 10.2 Å². The van der Waals surface area contributed by atoms with E-state index in [-0.39, 0.29) is 17.3 Å². The molecule has 5 heterocycles. The number of rotatable bonds is 9. The number of piperidine rings is 1. The first kappa shape index (κ1) is 30.1. The molecule has 0 bridgehead atoms. The highest BCUT2D eigenvalue weighted by molar-refractivity contribution is 5.74. The maximum atomic E-state index is 14.6. The molecule has 1 spiro atoms. The van der Waals surface area contributed by atoms with Crippen molar-refractivity contribution in [2.24, 2.45) is 17.3 Å². The molecule has 3 saturated heterocycles. The van der Waals surface area contributed by atoms with Gasteiger partial charge in [-0.1, -0.05) is 19.9 Å². The van der Waals surface area contributed by atoms with Crippen LogP contribution in [0.15, 0.2) is 42.9 Å². The van der Waals surface area contributed by atoms with Gasteiger partial charge < -0.3 is 14.7 Å². The average molecular weight is 628 g/mol. The lowest BCUT2D eigenvalue weighted by Gasteiger charge is -2.58. The smallest absolute Gasteiger partial charge is 0.282 e. The molecule has 1 N–H and O–H groups in total. The fourth-order valence-electron chi connectivity index (χ4n) is 8.96. The monoisotopic (exact) mass is 627 g/mol. The van der Waals surface area contributed by atoms with Crippen molar-refractivity contribution >= 4 is 5.82 Å². The number of β-amino-alcohol motifs (C(OH)–C–C–N with tert-alkyl or cyclic N) is 1. The molecule has 2 aromatic heterocycles. The minimum absolute atomic E-state index is 0.149. The van der Waals surface area contributed by atoms with Crippen molar-refractivity contribution in [2.75, 3.05) is 44.2 Å². The Kier molecular flexibility index (Phi) is 7.93. The Labute approximate surface area is 271 Å². The first-order valence-electron chi connectivity index (χ1n) is 17.4. The van der Waals surface area contributed by atoms with E-state index in [1.807, 2.05) is 12.1 Å². The average Bonchev–Trinajstić information content (AvgIpc) is 3.77. The summed E-state index contributed by atoms with van der Waals surface area (Å²) in [5.41, 5.74) is 2.81. The molecule has 2 saturated carbocycles. The zero-order valence-corrected chi connectivity index (χ0v) is 27.1. The van der Waals surface area contributed by atoms with Gasteiger partial charge in [-0.05, 0) is 87.6 Å². The van der Waals surface area contributed by atoms with Gasteiger partial charge in [0.15, 0.2) is 5.82 Å². The van der Waals surface area contributed by atoms with Crippen molar-refractivity contribution < 1.29 is 14.2 Å². The van der Waals surface area contributed by atoms with Crippen molar-refractivity contribution in [3.8, 4) is 22.8 Å². The number of nitrogens with zero attached hydrogens (tertiary/aromatic N) is 7. The molecule has 0 amide bonds. The molecule has 1 aromatic carbocycles. The number of hydrogen-bond acceptors (Lipinski definition) is 9. The summed E-state index contributed by atoms with van der Waals surface area (Å²) in [5.74, 6) is 3.02. The van der Waals surface area contributed by atoms with E-state index in [9.17, 15) is 9.50 Å². The summed E-state index contributed by atoms with van der Waals surface area (Å²) >= 11 is 0. The lowest BCUT2D eigenvalue weighted by molar-refractivity contribution is -0.0860. The number of halogens is 1. The van der Waals surface area contributed by atoms with E-state index in [0.29, 0.717) is 46.9 Å². The van der Waals surface area contributed by atoms with Crippen molar-refractivity contribution in [3.63, 3.8) is 0 Å². The summed E-state index contributed by atoms with van der Waals surface area (Å²) in [4.78, 5) is 16.9. The summed E-state index contributed by atoms with van der Waals surface area (Å²) in [6, 6.07) is 9.76. The summed E-state index contributed by atoms with van der Waals surface area (Å²) in [7, 11) is 0. The number of benzene rings is 1. The standard InChI is InChI=1S/C36H46FN7O2/c1-23(2)33(25-15-27(16-25)42-13-4-5-28(45)18-42)44-20-36(21-44)11-14-43(19-36)34-35(41-40-22-39-34)46-31-10-9-26(37)17-30(31)29-6-3-12-38-32(29)24-7-8-24/h3,6,9-10,12,17,22-25,27-28,33,45H,4-5,7-8,11,13-16,18-21H2,1-2H3/t25?,27?,28-,33+/m0/s1. The van der Waals surface area contributed by atoms with Crippen LogP contribution >= 0.6 is 0 Å². The van der Waals surface area contributed by atoms with E-state index in [0.717, 1.165) is 88.5 Å². The maximum Gasteiger partial charge on any atom is 0.282 e. The van der Waals surface area contributed by atoms with E-state index in [1.165, 1.54) is 31.3 Å². The second kappa shape index (κ2) is 12.1. The Bertz CT molecular complexity index is 1550. The van der Waals surface area contributed by atoms with Crippen LogP contribution in [0.1, 0.15) is 70.4 Å². The lowest BCUT2D eigenvalue weighted by Crippen LogP contribution is -2.65. The van der Waals surface area contributed by atoms with Gasteiger partial charge in [0.1, 0.15) is 17.9 Å². The molecule has 8 rings (SSSR count). The first-order valence-corrected chi connectivity index (χ1v) is 17.4. The zero-order chi connectivity index (χ0) is 31.4. The van der Waals surface area contributed by atoms with Gasteiger partial charge in [-0.25, -0.2) is 9.37 Å². The quantitative estimate of drug-likeness (QED) is 0.330. The van der Waals surface area contributed by atoms with E-state index in [4.69, 9.17) is 4.74 Å². The summed E-state index contributed by atoms with van der Waals surface area (Å²) < 4.78 is 21.0. The number of hydrogen-bond donors (Lipinski definition) is 1. The number of pyridine rings is 1. The van der Waals surface area contributed by atoms with Crippen LogP contribution in [0.2, 0.25) is 0 Å². The van der Waals surface area contributed by atoms with Gasteiger partial charge >= 0.3 is 0 Å². The van der Waals surface area contributed by atoms with Gasteiger partial charge in [-0.3, -0.25) is 14.8 Å². The van der Waals surface area contributed by atoms with Gasteiger partial charge in [-0.2, -0.15) is 0 Å². The summed E-state index contributed by atoms with van der Waals surface area (Å²) in [6.45, 7) is 10.8. The fourth-order valence-corrected chi connectivity index (χ4v) is 8.96. The molecular formula is C36H46FN7O2. The molecule has 46 heavy (non-hydrogen) atoms. The van der Waals surface area contributed by atoms with Crippen LogP contribution in [0, 0.1) is 23.1 Å². The second-order valence-corrected chi connectivity index (χ2v) is 15.0. The van der Waals surface area contributed by atoms with Crippen LogP contribution < -0.4 is 9.64 Å². The van der Waals surface area contributed by atoms with Crippen LogP contribution in [0.5, 0.6) is 11.6 Å². The highest BCUT2D eigenvalue weighted by atomic mass is 19.1. The SMILES string of the molecule is CC(C)[C@H](C1CC(N2CCC[C@H](O)C2)C1)N1CC2(CCN(c3ncnnc3Oc3ccc(F)cc3-c3cccnc3C3CC3)C2)C1. The number of ether oxygens (including phenoxy) is 1. The van der Waals surface area contributed by atoms with Crippen molar-refractivity contribution in [1.29, 1.82) is 0 Å². The van der Waals surface area contributed by atoms with E-state index < -0.39 is 0 Å². The van der Waals surface area contributed by atoms with Crippen LogP contribution in [0.3, 0.4) is 0 Å². The minimum Gasteiger partial charge on any atom is -0.434 e. The largest absolute Gasteiger partial charge is 0.434 e. The molecule has 3 aromatic rings. The fraction of sp³-hybridized carbons (Fsp3) is 0.611. The van der Waals surface area contributed by atoms with Gasteiger partial charge in [-0.15, -0.1) is 10.2 Å². The molecule has 2 aliphatic carbocycles. The lowest BCUT2D eigenvalue weighted by atomic mass is 9.68. The Balaban J connectivity index is 0.947. The van der Waals surface area contributed by atoms with Gasteiger partial charge in [0.2, 0.25) is 0 Å². The van der Waals surface area contributed by atoms with Gasteiger partial charge in [0.25, 0.3) is 5.88 Å². The summed E-state index contributed by atoms with van der Waals surface area (Å²) in [6.07, 6.45) is 11.0. The first-order chi connectivity index (χ1) is 22.4. The number of aliphatic hydroxyl groups is 1. The molecule has 244 valence electrons. The molecular weight excluding hydrogens is 581 g/mol. The van der Waals surface area contributed by atoms with Crippen LogP contribution in [-0.2, 0) is 0 Å². The molecule has 3 aliphatic heterocycles. The van der Waals surface area contributed by atoms with E-state index >= 15 is 0 Å². The number of likely N-dealkylation sites (tertiary alicyclic amines) is 2. The molecule has 5 fully saturated rings. The van der Waals surface area contributed by atoms with Crippen molar-refractivity contribution in [3.05, 3.63) is 54.4 Å². The second-order valence-electron chi connectivity index (χ2n) is 15.0. The Morgan fingerprint density at radius 3 is 2.65 bits per heavy atom. The predicted octanol–water partition coefficient (Wildman–Crippen LogP) is 5.51. The van der Waals surface area contributed by atoms with Crippen molar-refractivity contribution in [2.45, 2.75) is 82.9 Å². The topological polar surface area (TPSA) is 90.7 Å².